The van der Waals surface area contributed by atoms with Crippen LogP contribution in [0.2, 0.25) is 0 Å². The first-order valence-corrected chi connectivity index (χ1v) is 14.1. The summed E-state index contributed by atoms with van der Waals surface area (Å²) >= 11 is 0. The van der Waals surface area contributed by atoms with Gasteiger partial charge in [-0.25, -0.2) is 0 Å². The van der Waals surface area contributed by atoms with Crippen LogP contribution >= 0.6 is 0 Å². The minimum atomic E-state index is -1.13. The molecule has 11 nitrogen and oxygen atoms in total. The minimum Gasteiger partial charge on any atom is -0.550 e. The van der Waals surface area contributed by atoms with Gasteiger partial charge in [0.1, 0.15) is 6.04 Å². The number of hydrogen-bond donors (Lipinski definition) is 7. The predicted octanol–water partition coefficient (Wildman–Crippen LogP) is -3.53. The van der Waals surface area contributed by atoms with Gasteiger partial charge >= 0.3 is 5.96 Å². The number of carbonyl (C=O) groups excluding carboxylic acids is 2. The quantitative estimate of drug-likeness (QED) is 0.0429. The van der Waals surface area contributed by atoms with Crippen molar-refractivity contribution in [2.45, 2.75) is 95.0 Å². The third kappa shape index (κ3) is 15.6. The first kappa shape index (κ1) is 35.0. The van der Waals surface area contributed by atoms with Crippen LogP contribution < -0.4 is 32.4 Å². The Balaban J connectivity index is 0.000000562. The molecule has 1 saturated carbocycles. The van der Waals surface area contributed by atoms with Crippen molar-refractivity contribution in [1.82, 2.24) is 0 Å². The number of aliphatic hydroxyl groups is 3. The molecule has 226 valence electrons. The molecule has 1 fully saturated rings. The number of hydrogen-bond acceptors (Lipinski definition) is 7. The smallest absolute Gasteiger partial charge is 0.338 e. The summed E-state index contributed by atoms with van der Waals surface area (Å²) in [5, 5.41) is 51.4. The average molecular weight is 565 g/mol. The molecule has 0 saturated heterocycles. The van der Waals surface area contributed by atoms with E-state index in [0.717, 1.165) is 32.1 Å². The molecule has 2 unspecified atom stereocenters. The number of aliphatic carboxylic acids is 2. The van der Waals surface area contributed by atoms with Crippen LogP contribution in [0.4, 0.5) is 0 Å². The van der Waals surface area contributed by atoms with Gasteiger partial charge in [0.25, 0.3) is 0 Å². The van der Waals surface area contributed by atoms with Crippen molar-refractivity contribution >= 4 is 17.9 Å². The van der Waals surface area contributed by atoms with Gasteiger partial charge in [0.15, 0.2) is 0 Å². The molecule has 40 heavy (non-hydrogen) atoms. The number of aryl methyl sites for hydroxylation is 1. The van der Waals surface area contributed by atoms with Gasteiger partial charge in [-0.2, -0.15) is 0 Å². The Kier molecular flexibility index (Phi) is 17.5. The van der Waals surface area contributed by atoms with Gasteiger partial charge < -0.3 is 40.9 Å². The van der Waals surface area contributed by atoms with E-state index in [1.165, 1.54) is 5.56 Å². The van der Waals surface area contributed by atoms with Crippen LogP contribution in [0.25, 0.3) is 0 Å². The molecule has 2 rings (SSSR count). The zero-order chi connectivity index (χ0) is 29.9. The molecule has 6 atom stereocenters. The topological polar surface area (TPSA) is 235 Å². The molecule has 0 heterocycles. The van der Waals surface area contributed by atoms with E-state index < -0.39 is 36.3 Å². The van der Waals surface area contributed by atoms with Crippen molar-refractivity contribution in [1.29, 1.82) is 0 Å². The largest absolute Gasteiger partial charge is 0.550 e. The van der Waals surface area contributed by atoms with Gasteiger partial charge in [0.05, 0.1) is 30.8 Å². The van der Waals surface area contributed by atoms with Gasteiger partial charge in [-0.1, -0.05) is 61.7 Å². The van der Waals surface area contributed by atoms with Crippen molar-refractivity contribution in [3.05, 3.63) is 48.0 Å². The Morgan fingerprint density at radius 2 is 1.70 bits per heavy atom. The monoisotopic (exact) mass is 564 g/mol. The number of unbranched alkanes of at least 4 members (excludes halogenated alkanes) is 3. The first-order valence-electron chi connectivity index (χ1n) is 14.1. The van der Waals surface area contributed by atoms with Crippen molar-refractivity contribution in [3.8, 4) is 0 Å². The van der Waals surface area contributed by atoms with Gasteiger partial charge in [0.2, 0.25) is 0 Å². The minimum absolute atomic E-state index is 0.0197. The number of benzene rings is 1. The molecule has 1 aliphatic carbocycles. The SMILES string of the molecule is NC(N)=[NH+]CCC[C@H]([NH3+])C(=O)[O-].O=C([O-])CCCCCCC1C(/C=C/[C@@H](O)CCc2ccccc2)[C@H](O)C[C@@H]1O. The highest BCUT2D eigenvalue weighted by Crippen LogP contribution is 2.37. The van der Waals surface area contributed by atoms with E-state index in [1.54, 1.807) is 6.08 Å². The Morgan fingerprint density at radius 1 is 1.02 bits per heavy atom. The van der Waals surface area contributed by atoms with E-state index in [9.17, 15) is 35.1 Å². The Morgan fingerprint density at radius 3 is 2.33 bits per heavy atom. The summed E-state index contributed by atoms with van der Waals surface area (Å²) in [6.45, 7) is 0.557. The molecule has 11 N–H and O–H groups in total. The number of carboxylic acids is 2. The highest BCUT2D eigenvalue weighted by Gasteiger charge is 2.39. The highest BCUT2D eigenvalue weighted by molar-refractivity contribution is 5.69. The third-order valence-electron chi connectivity index (χ3n) is 7.10. The summed E-state index contributed by atoms with van der Waals surface area (Å²) in [5.74, 6) is -2.16. The lowest BCUT2D eigenvalue weighted by Crippen LogP contribution is -2.78. The third-order valence-corrected chi connectivity index (χ3v) is 7.10. The van der Waals surface area contributed by atoms with Crippen LogP contribution in [0.3, 0.4) is 0 Å². The zero-order valence-electron chi connectivity index (χ0n) is 23.3. The normalized spacial score (nSPS) is 21.8. The second kappa shape index (κ2) is 20.0. The molecule has 1 aliphatic rings. The maximum absolute atomic E-state index is 10.4. The van der Waals surface area contributed by atoms with Crippen LogP contribution in [0.1, 0.15) is 69.8 Å². The lowest BCUT2D eigenvalue weighted by atomic mass is 9.87. The number of nitrogens with one attached hydrogen (secondary N) is 1. The fourth-order valence-electron chi connectivity index (χ4n) is 4.79. The molecule has 0 aliphatic heterocycles. The molecule has 1 aromatic carbocycles. The summed E-state index contributed by atoms with van der Waals surface area (Å²) in [5.41, 5.74) is 14.8. The lowest BCUT2D eigenvalue weighted by Gasteiger charge is -2.21. The van der Waals surface area contributed by atoms with E-state index in [4.69, 9.17) is 11.5 Å². The summed E-state index contributed by atoms with van der Waals surface area (Å²) in [6, 6.07) is 9.35. The summed E-state index contributed by atoms with van der Waals surface area (Å²) in [4.78, 5) is 23.3. The fourth-order valence-corrected chi connectivity index (χ4v) is 4.79. The van der Waals surface area contributed by atoms with Gasteiger partial charge in [-0.05, 0) is 50.0 Å². The van der Waals surface area contributed by atoms with E-state index in [2.05, 4.69) is 10.7 Å². The fraction of sp³-hybridized carbons (Fsp3) is 0.621. The Labute approximate surface area is 236 Å². The standard InChI is InChI=1S/C23H34O5.C6H14N4O2/c24-18(13-12-17-8-4-3-5-9-17)14-15-20-19(21(25)16-22(20)26)10-6-1-2-7-11-23(27)28;7-4(5(11)12)2-1-3-10-6(8)9/h3-5,8-9,14-15,18-22,24-26H,1-2,6-7,10-13,16H2,(H,27,28);4H,1-3,7H2,(H,11,12)(H4,8,9,10)/b15-14+;/t18-,19?,20?,21-,22+;4-/m00/s1. The summed E-state index contributed by atoms with van der Waals surface area (Å²) < 4.78 is 0. The highest BCUT2D eigenvalue weighted by atomic mass is 16.4. The number of nitrogens with two attached hydrogens (primary N) is 2. The molecule has 1 aromatic rings. The van der Waals surface area contributed by atoms with Crippen molar-refractivity contribution in [2.75, 3.05) is 6.54 Å². The Bertz CT molecular complexity index is 909. The molecule has 0 amide bonds. The molecule has 0 spiro atoms. The second-order valence-corrected chi connectivity index (χ2v) is 10.5. The average Bonchev–Trinajstić information content (AvgIpc) is 3.18. The number of carbonyl (C=O) groups is 2. The number of carboxylic acid groups (broad SMARTS) is 2. The molecule has 0 aromatic heterocycles. The van der Waals surface area contributed by atoms with Crippen LogP contribution in [0, 0.1) is 11.8 Å². The molecule has 11 heteroatoms. The van der Waals surface area contributed by atoms with Gasteiger partial charge in [-0.15, -0.1) is 0 Å². The number of quaternary nitrogens is 1. The number of aliphatic hydroxyl groups excluding tert-OH is 3. The van der Waals surface area contributed by atoms with Crippen molar-refractivity contribution in [3.63, 3.8) is 0 Å². The maximum Gasteiger partial charge on any atom is 0.338 e. The molecule has 0 bridgehead atoms. The van der Waals surface area contributed by atoms with E-state index >= 15 is 0 Å². The van der Waals surface area contributed by atoms with Crippen LogP contribution in [-0.4, -0.2) is 64.1 Å². The zero-order valence-corrected chi connectivity index (χ0v) is 23.3. The van der Waals surface area contributed by atoms with Crippen LogP contribution in [-0.2, 0) is 16.0 Å². The van der Waals surface area contributed by atoms with Crippen LogP contribution in [0.5, 0.6) is 0 Å². The van der Waals surface area contributed by atoms with Gasteiger partial charge in [-0.3, -0.25) is 16.5 Å². The maximum atomic E-state index is 10.4. The Hall–Kier alpha value is -2.99. The molecular formula is C29H48N4O7. The molecule has 0 radical (unpaired) electrons. The number of rotatable bonds is 17. The lowest BCUT2D eigenvalue weighted by molar-refractivity contribution is -0.466. The first-order chi connectivity index (χ1) is 19.0. The van der Waals surface area contributed by atoms with E-state index in [-0.39, 0.29) is 24.2 Å². The van der Waals surface area contributed by atoms with Crippen LogP contribution in [0.15, 0.2) is 42.5 Å². The summed E-state index contributed by atoms with van der Waals surface area (Å²) in [7, 11) is 0. The predicted molar refractivity (Wildman–Crippen MR) is 146 cm³/mol. The van der Waals surface area contributed by atoms with E-state index in [1.807, 2.05) is 36.4 Å². The second-order valence-electron chi connectivity index (χ2n) is 10.5. The van der Waals surface area contributed by atoms with Crippen molar-refractivity contribution < 1.29 is 45.8 Å². The van der Waals surface area contributed by atoms with E-state index in [0.29, 0.717) is 38.6 Å². The van der Waals surface area contributed by atoms with Crippen molar-refractivity contribution in [2.24, 2.45) is 23.3 Å². The molecular weight excluding hydrogens is 516 g/mol. The van der Waals surface area contributed by atoms with Gasteiger partial charge in [0, 0.05) is 24.7 Å². The summed E-state index contributed by atoms with van der Waals surface area (Å²) in [6.07, 6.45) is 8.95. The number of guanidine groups is 1.